The number of aliphatic hydroxyl groups is 1. The Kier molecular flexibility index (Phi) is 5.86. The van der Waals surface area contributed by atoms with Crippen LogP contribution in [0.4, 0.5) is 0 Å². The van der Waals surface area contributed by atoms with Gasteiger partial charge in [-0.05, 0) is 25.8 Å². The summed E-state index contributed by atoms with van der Waals surface area (Å²) in [7, 11) is 0. The molecule has 4 nitrogen and oxygen atoms in total. The summed E-state index contributed by atoms with van der Waals surface area (Å²) in [6.07, 6.45) is 6.42. The zero-order valence-electron chi connectivity index (χ0n) is 10.1. The first kappa shape index (κ1) is 13.9. The molecule has 17 heavy (non-hydrogen) atoms. The van der Waals surface area contributed by atoms with E-state index in [-0.39, 0.29) is 18.6 Å². The van der Waals surface area contributed by atoms with Crippen molar-refractivity contribution in [2.75, 3.05) is 6.61 Å². The summed E-state index contributed by atoms with van der Waals surface area (Å²) in [6.45, 7) is 4.00. The van der Waals surface area contributed by atoms with Gasteiger partial charge in [0, 0.05) is 29.8 Å². The number of hydrogen-bond donors (Lipinski definition) is 2. The molecule has 0 aliphatic carbocycles. The number of aromatic nitrogens is 1. The standard InChI is InChI=1S/C12H18N2O2S/c1-3-10(6-7-15)14-12(16)5-4-11-8-13-9(2)17-11/h4-5,8,10,15H,3,6-7H2,1-2H3,(H,14,16)/b5-4+. The van der Waals surface area contributed by atoms with E-state index >= 15 is 0 Å². The van der Waals surface area contributed by atoms with Crippen molar-refractivity contribution in [2.45, 2.75) is 32.7 Å². The maximum Gasteiger partial charge on any atom is 0.244 e. The van der Waals surface area contributed by atoms with Crippen LogP contribution in [0.1, 0.15) is 29.7 Å². The van der Waals surface area contributed by atoms with Crippen LogP contribution in [0.5, 0.6) is 0 Å². The van der Waals surface area contributed by atoms with Crippen molar-refractivity contribution in [2.24, 2.45) is 0 Å². The van der Waals surface area contributed by atoms with E-state index in [1.807, 2.05) is 13.8 Å². The fraction of sp³-hybridized carbons (Fsp3) is 0.500. The predicted molar refractivity (Wildman–Crippen MR) is 69.8 cm³/mol. The van der Waals surface area contributed by atoms with Crippen LogP contribution in [0.15, 0.2) is 12.3 Å². The lowest BCUT2D eigenvalue weighted by molar-refractivity contribution is -0.117. The monoisotopic (exact) mass is 254 g/mol. The largest absolute Gasteiger partial charge is 0.396 e. The van der Waals surface area contributed by atoms with Crippen molar-refractivity contribution in [1.82, 2.24) is 10.3 Å². The molecule has 0 radical (unpaired) electrons. The van der Waals surface area contributed by atoms with Crippen LogP contribution < -0.4 is 5.32 Å². The van der Waals surface area contributed by atoms with Gasteiger partial charge in [0.25, 0.3) is 0 Å². The third kappa shape index (κ3) is 5.10. The fourth-order valence-corrected chi connectivity index (χ4v) is 2.08. The Morgan fingerprint density at radius 2 is 2.47 bits per heavy atom. The summed E-state index contributed by atoms with van der Waals surface area (Å²) in [6, 6.07) is 0.0420. The molecule has 1 rings (SSSR count). The van der Waals surface area contributed by atoms with Gasteiger partial charge < -0.3 is 10.4 Å². The molecule has 0 aliphatic rings. The molecule has 1 heterocycles. The molecular weight excluding hydrogens is 236 g/mol. The quantitative estimate of drug-likeness (QED) is 0.760. The van der Waals surface area contributed by atoms with E-state index in [4.69, 9.17) is 5.11 Å². The van der Waals surface area contributed by atoms with E-state index in [1.54, 1.807) is 23.6 Å². The SMILES string of the molecule is CCC(CCO)NC(=O)/C=C/c1cnc(C)s1. The first-order valence-electron chi connectivity index (χ1n) is 5.67. The number of hydrogen-bond acceptors (Lipinski definition) is 4. The van der Waals surface area contributed by atoms with Crippen molar-refractivity contribution in [3.63, 3.8) is 0 Å². The van der Waals surface area contributed by atoms with Crippen LogP contribution in [0.3, 0.4) is 0 Å². The van der Waals surface area contributed by atoms with Gasteiger partial charge in [0.2, 0.25) is 5.91 Å². The van der Waals surface area contributed by atoms with E-state index in [9.17, 15) is 4.79 Å². The number of rotatable bonds is 6. The van der Waals surface area contributed by atoms with E-state index in [0.29, 0.717) is 6.42 Å². The minimum atomic E-state index is -0.128. The molecule has 1 amide bonds. The Balaban J connectivity index is 2.45. The lowest BCUT2D eigenvalue weighted by Crippen LogP contribution is -2.33. The van der Waals surface area contributed by atoms with Crippen LogP contribution in [0.2, 0.25) is 0 Å². The first-order chi connectivity index (χ1) is 8.15. The minimum absolute atomic E-state index is 0.0420. The topological polar surface area (TPSA) is 62.2 Å². The molecule has 0 aliphatic heterocycles. The Morgan fingerprint density at radius 3 is 3.00 bits per heavy atom. The molecule has 1 unspecified atom stereocenters. The van der Waals surface area contributed by atoms with E-state index in [1.165, 1.54) is 6.08 Å². The van der Waals surface area contributed by atoms with Crippen molar-refractivity contribution in [3.05, 3.63) is 22.2 Å². The van der Waals surface area contributed by atoms with Gasteiger partial charge in [-0.15, -0.1) is 11.3 Å². The van der Waals surface area contributed by atoms with Crippen molar-refractivity contribution < 1.29 is 9.90 Å². The highest BCUT2D eigenvalue weighted by atomic mass is 32.1. The lowest BCUT2D eigenvalue weighted by atomic mass is 10.1. The molecule has 1 atom stereocenters. The number of carbonyl (C=O) groups excluding carboxylic acids is 1. The maximum absolute atomic E-state index is 11.6. The third-order valence-electron chi connectivity index (χ3n) is 2.35. The molecule has 0 saturated heterocycles. The number of aliphatic hydroxyl groups excluding tert-OH is 1. The second-order valence-corrected chi connectivity index (χ2v) is 5.01. The van der Waals surface area contributed by atoms with Gasteiger partial charge in [0.15, 0.2) is 0 Å². The molecule has 0 spiro atoms. The van der Waals surface area contributed by atoms with Gasteiger partial charge in [-0.25, -0.2) is 4.98 Å². The van der Waals surface area contributed by atoms with Crippen molar-refractivity contribution >= 4 is 23.3 Å². The zero-order chi connectivity index (χ0) is 12.7. The van der Waals surface area contributed by atoms with Crippen LogP contribution in [-0.4, -0.2) is 28.6 Å². The number of nitrogens with zero attached hydrogens (tertiary/aromatic N) is 1. The van der Waals surface area contributed by atoms with E-state index in [2.05, 4.69) is 10.3 Å². The summed E-state index contributed by atoms with van der Waals surface area (Å²) in [5, 5.41) is 12.6. The lowest BCUT2D eigenvalue weighted by Gasteiger charge is -2.13. The smallest absolute Gasteiger partial charge is 0.244 e. The molecule has 94 valence electrons. The van der Waals surface area contributed by atoms with Gasteiger partial charge in [0.05, 0.1) is 5.01 Å². The second kappa shape index (κ2) is 7.19. The second-order valence-electron chi connectivity index (χ2n) is 3.74. The zero-order valence-corrected chi connectivity index (χ0v) is 11.0. The van der Waals surface area contributed by atoms with Crippen molar-refractivity contribution in [1.29, 1.82) is 0 Å². The van der Waals surface area contributed by atoms with Crippen molar-refractivity contribution in [3.8, 4) is 0 Å². The van der Waals surface area contributed by atoms with Crippen LogP contribution >= 0.6 is 11.3 Å². The average molecular weight is 254 g/mol. The molecule has 0 fully saturated rings. The fourth-order valence-electron chi connectivity index (χ4n) is 1.40. The van der Waals surface area contributed by atoms with Gasteiger partial charge in [-0.1, -0.05) is 6.92 Å². The molecule has 0 bridgehead atoms. The number of carbonyl (C=O) groups is 1. The summed E-state index contributed by atoms with van der Waals surface area (Å²) >= 11 is 1.55. The summed E-state index contributed by atoms with van der Waals surface area (Å²) < 4.78 is 0. The normalized spacial score (nSPS) is 12.9. The number of amides is 1. The minimum Gasteiger partial charge on any atom is -0.396 e. The number of thiazole rings is 1. The Bertz CT molecular complexity index is 388. The summed E-state index contributed by atoms with van der Waals surface area (Å²) in [4.78, 5) is 16.6. The molecule has 2 N–H and O–H groups in total. The van der Waals surface area contributed by atoms with E-state index in [0.717, 1.165) is 16.3 Å². The number of nitrogens with one attached hydrogen (secondary N) is 1. The van der Waals surface area contributed by atoms with Crippen LogP contribution in [0.25, 0.3) is 6.08 Å². The third-order valence-corrected chi connectivity index (χ3v) is 3.23. The maximum atomic E-state index is 11.6. The van der Waals surface area contributed by atoms with Gasteiger partial charge in [0.1, 0.15) is 0 Å². The highest BCUT2D eigenvalue weighted by Crippen LogP contribution is 2.12. The number of aryl methyl sites for hydroxylation is 1. The molecule has 1 aromatic rings. The summed E-state index contributed by atoms with van der Waals surface area (Å²) in [5.41, 5.74) is 0. The summed E-state index contributed by atoms with van der Waals surface area (Å²) in [5.74, 6) is -0.128. The Morgan fingerprint density at radius 1 is 1.71 bits per heavy atom. The first-order valence-corrected chi connectivity index (χ1v) is 6.49. The molecule has 5 heteroatoms. The molecular formula is C12H18N2O2S. The predicted octanol–water partition coefficient (Wildman–Crippen LogP) is 1.74. The van der Waals surface area contributed by atoms with E-state index < -0.39 is 0 Å². The Hall–Kier alpha value is -1.20. The van der Waals surface area contributed by atoms with Gasteiger partial charge >= 0.3 is 0 Å². The highest BCUT2D eigenvalue weighted by molar-refractivity contribution is 7.12. The van der Waals surface area contributed by atoms with Gasteiger partial charge in [-0.3, -0.25) is 4.79 Å². The highest BCUT2D eigenvalue weighted by Gasteiger charge is 2.07. The van der Waals surface area contributed by atoms with Crippen LogP contribution in [0, 0.1) is 6.92 Å². The van der Waals surface area contributed by atoms with Gasteiger partial charge in [-0.2, -0.15) is 0 Å². The average Bonchev–Trinajstić information content (AvgIpc) is 2.72. The van der Waals surface area contributed by atoms with Crippen LogP contribution in [-0.2, 0) is 4.79 Å². The molecule has 1 aromatic heterocycles. The molecule has 0 saturated carbocycles. The molecule has 0 aromatic carbocycles. The Labute approximate surface area is 105 Å².